The summed E-state index contributed by atoms with van der Waals surface area (Å²) in [6.45, 7) is 2.02. The number of hydrogen-bond donors (Lipinski definition) is 1. The molecule has 1 aromatic carbocycles. The molecule has 2 atom stereocenters. The number of benzene rings is 1. The van der Waals surface area contributed by atoms with E-state index in [1.807, 2.05) is 5.38 Å². The Hall–Kier alpha value is -1.48. The second-order valence-corrected chi connectivity index (χ2v) is 8.11. The number of sulfonamides is 1. The zero-order chi connectivity index (χ0) is 15.2. The van der Waals surface area contributed by atoms with Gasteiger partial charge in [0, 0.05) is 24.7 Å². The van der Waals surface area contributed by atoms with Crippen molar-refractivity contribution in [1.29, 1.82) is 0 Å². The molecule has 0 aliphatic carbocycles. The van der Waals surface area contributed by atoms with Crippen LogP contribution < -0.4 is 9.46 Å². The second-order valence-electron chi connectivity index (χ2n) is 5.45. The van der Waals surface area contributed by atoms with Crippen LogP contribution in [0, 0.1) is 0 Å². The SMILES string of the molecule is O=S1(=O)N[C@@H]2CN(Cc3nccs3)C[C@@H]2Oc2ccccc21. The highest BCUT2D eigenvalue weighted by molar-refractivity contribution is 7.89. The first-order chi connectivity index (χ1) is 10.6. The normalized spacial score (nSPS) is 26.7. The lowest BCUT2D eigenvalue weighted by Crippen LogP contribution is -2.42. The van der Waals surface area contributed by atoms with Gasteiger partial charge in [0.15, 0.2) is 0 Å². The van der Waals surface area contributed by atoms with Crippen LogP contribution in [-0.2, 0) is 16.6 Å². The molecule has 1 saturated heterocycles. The summed E-state index contributed by atoms with van der Waals surface area (Å²) in [5.41, 5.74) is 0. The Morgan fingerprint density at radius 2 is 2.23 bits per heavy atom. The first kappa shape index (κ1) is 14.1. The Morgan fingerprint density at radius 1 is 1.36 bits per heavy atom. The summed E-state index contributed by atoms with van der Waals surface area (Å²) in [6.07, 6.45) is 1.60. The molecule has 0 amide bonds. The molecule has 0 unspecified atom stereocenters. The number of nitrogens with zero attached hydrogens (tertiary/aromatic N) is 2. The average molecular weight is 337 g/mol. The third kappa shape index (κ3) is 2.52. The molecule has 116 valence electrons. The van der Waals surface area contributed by atoms with Crippen LogP contribution in [0.25, 0.3) is 0 Å². The quantitative estimate of drug-likeness (QED) is 0.887. The van der Waals surface area contributed by atoms with Crippen LogP contribution in [0.5, 0.6) is 5.75 Å². The van der Waals surface area contributed by atoms with E-state index in [0.29, 0.717) is 18.8 Å². The molecule has 0 saturated carbocycles. The zero-order valence-corrected chi connectivity index (χ0v) is 13.3. The largest absolute Gasteiger partial charge is 0.486 e. The van der Waals surface area contributed by atoms with Gasteiger partial charge in [-0.15, -0.1) is 11.3 Å². The minimum atomic E-state index is -3.53. The summed E-state index contributed by atoms with van der Waals surface area (Å²) in [5.74, 6) is 0.429. The van der Waals surface area contributed by atoms with Crippen molar-refractivity contribution in [1.82, 2.24) is 14.6 Å². The molecule has 6 nitrogen and oxygen atoms in total. The molecule has 3 heterocycles. The van der Waals surface area contributed by atoms with Gasteiger partial charge in [-0.3, -0.25) is 4.90 Å². The minimum Gasteiger partial charge on any atom is -0.486 e. The number of aromatic nitrogens is 1. The number of thiazole rings is 1. The van der Waals surface area contributed by atoms with Crippen molar-refractivity contribution in [2.24, 2.45) is 0 Å². The van der Waals surface area contributed by atoms with E-state index in [1.54, 1.807) is 41.8 Å². The van der Waals surface area contributed by atoms with Crippen molar-refractivity contribution in [3.05, 3.63) is 40.8 Å². The summed E-state index contributed by atoms with van der Waals surface area (Å²) in [5, 5.41) is 2.97. The molecule has 0 spiro atoms. The van der Waals surface area contributed by atoms with E-state index in [9.17, 15) is 8.42 Å². The lowest BCUT2D eigenvalue weighted by Gasteiger charge is -2.16. The zero-order valence-electron chi connectivity index (χ0n) is 11.7. The van der Waals surface area contributed by atoms with E-state index in [0.717, 1.165) is 11.6 Å². The van der Waals surface area contributed by atoms with Crippen LogP contribution in [0.4, 0.5) is 0 Å². The van der Waals surface area contributed by atoms with E-state index in [4.69, 9.17) is 4.74 Å². The molecule has 4 rings (SSSR count). The minimum absolute atomic E-state index is 0.182. The van der Waals surface area contributed by atoms with Gasteiger partial charge in [-0.05, 0) is 12.1 Å². The highest BCUT2D eigenvalue weighted by atomic mass is 32.2. The van der Waals surface area contributed by atoms with Gasteiger partial charge in [0.2, 0.25) is 10.0 Å². The molecular weight excluding hydrogens is 322 g/mol. The van der Waals surface area contributed by atoms with Gasteiger partial charge in [0.05, 0.1) is 12.6 Å². The fourth-order valence-electron chi connectivity index (χ4n) is 2.93. The summed E-state index contributed by atoms with van der Waals surface area (Å²) >= 11 is 1.60. The van der Waals surface area contributed by atoms with E-state index in [1.165, 1.54) is 0 Å². The van der Waals surface area contributed by atoms with E-state index >= 15 is 0 Å². The number of ether oxygens (including phenoxy) is 1. The molecule has 2 aromatic rings. The van der Waals surface area contributed by atoms with Crippen LogP contribution in [-0.4, -0.2) is 43.5 Å². The number of para-hydroxylation sites is 1. The maximum atomic E-state index is 12.4. The number of hydrogen-bond acceptors (Lipinski definition) is 6. The third-order valence-corrected chi connectivity index (χ3v) is 6.20. The maximum Gasteiger partial charge on any atom is 0.244 e. The predicted octanol–water partition coefficient (Wildman–Crippen LogP) is 1.07. The van der Waals surface area contributed by atoms with E-state index in [-0.39, 0.29) is 17.0 Å². The van der Waals surface area contributed by atoms with E-state index < -0.39 is 10.0 Å². The lowest BCUT2D eigenvalue weighted by atomic mass is 10.2. The Kier molecular flexibility index (Phi) is 3.41. The Balaban J connectivity index is 1.59. The molecule has 8 heteroatoms. The van der Waals surface area contributed by atoms with Crippen LogP contribution in [0.15, 0.2) is 40.7 Å². The highest BCUT2D eigenvalue weighted by Crippen LogP contribution is 2.31. The number of rotatable bonds is 2. The second kappa shape index (κ2) is 5.31. The van der Waals surface area contributed by atoms with Crippen molar-refractivity contribution in [3.8, 4) is 5.75 Å². The molecular formula is C14H15N3O3S2. The molecule has 2 aliphatic heterocycles. The van der Waals surface area contributed by atoms with Crippen LogP contribution >= 0.6 is 11.3 Å². The van der Waals surface area contributed by atoms with Crippen LogP contribution in [0.3, 0.4) is 0 Å². The molecule has 22 heavy (non-hydrogen) atoms. The van der Waals surface area contributed by atoms with Gasteiger partial charge >= 0.3 is 0 Å². The van der Waals surface area contributed by atoms with Crippen molar-refractivity contribution in [2.45, 2.75) is 23.6 Å². The van der Waals surface area contributed by atoms with Gasteiger partial charge in [0.25, 0.3) is 0 Å². The fraction of sp³-hybridized carbons (Fsp3) is 0.357. The highest BCUT2D eigenvalue weighted by Gasteiger charge is 2.41. The Bertz CT molecular complexity index is 776. The Morgan fingerprint density at radius 3 is 3.05 bits per heavy atom. The summed E-state index contributed by atoms with van der Waals surface area (Å²) in [6, 6.07) is 6.54. The maximum absolute atomic E-state index is 12.4. The van der Waals surface area contributed by atoms with Gasteiger partial charge in [-0.2, -0.15) is 0 Å². The number of fused-ring (bicyclic) bond motifs is 2. The summed E-state index contributed by atoms with van der Waals surface area (Å²) in [4.78, 5) is 6.67. The number of nitrogens with one attached hydrogen (secondary N) is 1. The first-order valence-corrected chi connectivity index (χ1v) is 9.37. The molecule has 2 aliphatic rings. The van der Waals surface area contributed by atoms with Gasteiger partial charge in [0.1, 0.15) is 21.8 Å². The van der Waals surface area contributed by atoms with Crippen molar-refractivity contribution >= 4 is 21.4 Å². The van der Waals surface area contributed by atoms with Crippen LogP contribution in [0.1, 0.15) is 5.01 Å². The van der Waals surface area contributed by atoms with Gasteiger partial charge in [-0.25, -0.2) is 18.1 Å². The van der Waals surface area contributed by atoms with Crippen LogP contribution in [0.2, 0.25) is 0 Å². The molecule has 1 fully saturated rings. The lowest BCUT2D eigenvalue weighted by molar-refractivity contribution is 0.184. The monoisotopic (exact) mass is 337 g/mol. The van der Waals surface area contributed by atoms with Crippen molar-refractivity contribution in [2.75, 3.05) is 13.1 Å². The molecule has 0 radical (unpaired) electrons. The van der Waals surface area contributed by atoms with Crippen molar-refractivity contribution in [3.63, 3.8) is 0 Å². The fourth-order valence-corrected chi connectivity index (χ4v) is 4.98. The van der Waals surface area contributed by atoms with Gasteiger partial charge < -0.3 is 4.74 Å². The number of likely N-dealkylation sites (tertiary alicyclic amines) is 1. The third-order valence-electron chi connectivity index (χ3n) is 3.91. The van der Waals surface area contributed by atoms with E-state index in [2.05, 4.69) is 14.6 Å². The summed E-state index contributed by atoms with van der Waals surface area (Å²) in [7, 11) is -3.53. The topological polar surface area (TPSA) is 71.5 Å². The molecule has 1 N–H and O–H groups in total. The standard InChI is InChI=1S/C14H15N3O3S2/c18-22(19)13-4-2-1-3-11(13)20-12-8-17(7-10(12)16-22)9-14-15-5-6-21-14/h1-6,10,12,16H,7-9H2/t10-,12+/m1/s1. The first-order valence-electron chi connectivity index (χ1n) is 7.00. The molecule has 1 aromatic heterocycles. The van der Waals surface area contributed by atoms with Crippen molar-refractivity contribution < 1.29 is 13.2 Å². The Labute approximate surface area is 132 Å². The van der Waals surface area contributed by atoms with Gasteiger partial charge in [-0.1, -0.05) is 12.1 Å². The average Bonchev–Trinajstić information content (AvgIpc) is 3.08. The predicted molar refractivity (Wildman–Crippen MR) is 82.4 cm³/mol. The smallest absolute Gasteiger partial charge is 0.244 e. The molecule has 0 bridgehead atoms. The summed E-state index contributed by atoms with van der Waals surface area (Å²) < 4.78 is 33.6.